The van der Waals surface area contributed by atoms with Crippen LogP contribution in [0.5, 0.6) is 0 Å². The van der Waals surface area contributed by atoms with Crippen LogP contribution in [-0.2, 0) is 9.84 Å². The summed E-state index contributed by atoms with van der Waals surface area (Å²) in [7, 11) is -3.26. The molecule has 1 N–H and O–H groups in total. The third-order valence-electron chi connectivity index (χ3n) is 4.72. The minimum atomic E-state index is -3.26. The number of nitrogens with zero attached hydrogens (tertiary/aromatic N) is 1. The molecule has 2 rings (SSSR count). The molecule has 1 aromatic carbocycles. The number of carbonyl (C=O) groups is 1. The fourth-order valence-corrected chi connectivity index (χ4v) is 3.77. The number of likely N-dealkylation sites (tertiary alicyclic amines) is 1. The van der Waals surface area contributed by atoms with E-state index >= 15 is 0 Å². The monoisotopic (exact) mass is 382 g/mol. The molecule has 1 saturated heterocycles. The standard InChI is InChI=1S/C19H27FN2O3S/c1-4-15-12-18(16-8-6-5-7-9-16)22(13-17(15)20)19(23)21-14(2)10-11-26(3,24)25/h5-11,14-15,17-18H,4,12-13H2,1-3H3,(H,21,23)/b11-10+/t14-,15+,17+,18+/m0/s1. The summed E-state index contributed by atoms with van der Waals surface area (Å²) < 4.78 is 36.9. The average molecular weight is 383 g/mol. The van der Waals surface area contributed by atoms with Crippen molar-refractivity contribution in [1.29, 1.82) is 0 Å². The van der Waals surface area contributed by atoms with Crippen LogP contribution in [0.3, 0.4) is 0 Å². The highest BCUT2D eigenvalue weighted by atomic mass is 32.2. The second kappa shape index (κ2) is 8.66. The van der Waals surface area contributed by atoms with Crippen molar-refractivity contribution in [2.75, 3.05) is 12.8 Å². The highest BCUT2D eigenvalue weighted by Gasteiger charge is 2.38. The van der Waals surface area contributed by atoms with Gasteiger partial charge in [0, 0.05) is 17.7 Å². The van der Waals surface area contributed by atoms with Gasteiger partial charge in [-0.3, -0.25) is 0 Å². The van der Waals surface area contributed by atoms with Crippen molar-refractivity contribution in [3.05, 3.63) is 47.4 Å². The second-order valence-electron chi connectivity index (χ2n) is 6.90. The number of carbonyl (C=O) groups excluding carboxylic acids is 1. The molecule has 0 aliphatic carbocycles. The Labute approximate surface area is 155 Å². The summed E-state index contributed by atoms with van der Waals surface area (Å²) in [4.78, 5) is 14.2. The Balaban J connectivity index is 2.17. The van der Waals surface area contributed by atoms with Crippen LogP contribution in [-0.4, -0.2) is 44.4 Å². The van der Waals surface area contributed by atoms with E-state index in [4.69, 9.17) is 0 Å². The van der Waals surface area contributed by atoms with Gasteiger partial charge in [0.2, 0.25) is 0 Å². The molecule has 0 radical (unpaired) electrons. The highest BCUT2D eigenvalue weighted by molar-refractivity contribution is 7.93. The van der Waals surface area contributed by atoms with Gasteiger partial charge in [0.25, 0.3) is 0 Å². The largest absolute Gasteiger partial charge is 0.332 e. The zero-order valence-corrected chi connectivity index (χ0v) is 16.2. The molecular weight excluding hydrogens is 355 g/mol. The van der Waals surface area contributed by atoms with Crippen molar-refractivity contribution in [3.63, 3.8) is 0 Å². The van der Waals surface area contributed by atoms with Crippen LogP contribution in [0.15, 0.2) is 41.8 Å². The number of nitrogens with one attached hydrogen (secondary N) is 1. The van der Waals surface area contributed by atoms with E-state index in [0.717, 1.165) is 23.6 Å². The lowest BCUT2D eigenvalue weighted by atomic mass is 9.84. The topological polar surface area (TPSA) is 66.5 Å². The predicted molar refractivity (Wildman–Crippen MR) is 101 cm³/mol. The van der Waals surface area contributed by atoms with E-state index in [-0.39, 0.29) is 24.5 Å². The number of hydrogen-bond acceptors (Lipinski definition) is 3. The number of amides is 2. The summed E-state index contributed by atoms with van der Waals surface area (Å²) in [6.07, 6.45) is 2.74. The van der Waals surface area contributed by atoms with Crippen molar-refractivity contribution in [1.82, 2.24) is 10.2 Å². The van der Waals surface area contributed by atoms with Gasteiger partial charge in [-0.25, -0.2) is 17.6 Å². The van der Waals surface area contributed by atoms with Crippen LogP contribution >= 0.6 is 0 Å². The lowest BCUT2D eigenvalue weighted by molar-refractivity contribution is 0.0581. The smallest absolute Gasteiger partial charge is 0.318 e. The van der Waals surface area contributed by atoms with E-state index in [1.54, 1.807) is 6.92 Å². The van der Waals surface area contributed by atoms with Crippen molar-refractivity contribution >= 4 is 15.9 Å². The second-order valence-corrected chi connectivity index (χ2v) is 8.83. The third kappa shape index (κ3) is 5.56. The van der Waals surface area contributed by atoms with E-state index in [0.29, 0.717) is 6.42 Å². The number of piperidine rings is 1. The first-order valence-corrected chi connectivity index (χ1v) is 10.8. The van der Waals surface area contributed by atoms with Crippen LogP contribution in [0.25, 0.3) is 0 Å². The first kappa shape index (κ1) is 20.4. The van der Waals surface area contributed by atoms with Gasteiger partial charge in [0.05, 0.1) is 12.6 Å². The Hall–Kier alpha value is -1.89. The van der Waals surface area contributed by atoms with Crippen molar-refractivity contribution in [2.45, 2.75) is 44.9 Å². The lowest BCUT2D eigenvalue weighted by Crippen LogP contribution is -2.51. The summed E-state index contributed by atoms with van der Waals surface area (Å²) in [5.74, 6) is -0.0770. The summed E-state index contributed by atoms with van der Waals surface area (Å²) in [5.41, 5.74) is 0.979. The molecular formula is C19H27FN2O3S. The van der Waals surface area contributed by atoms with Crippen LogP contribution < -0.4 is 5.32 Å². The Morgan fingerprint density at radius 2 is 2.04 bits per heavy atom. The number of alkyl halides is 1. The third-order valence-corrected chi connectivity index (χ3v) is 5.37. The molecule has 0 bridgehead atoms. The molecule has 26 heavy (non-hydrogen) atoms. The molecule has 1 aliphatic rings. The fourth-order valence-electron chi connectivity index (χ4n) is 3.25. The molecule has 0 spiro atoms. The normalized spacial score (nSPS) is 25.2. The molecule has 4 atom stereocenters. The van der Waals surface area contributed by atoms with Crippen LogP contribution in [0.4, 0.5) is 9.18 Å². The van der Waals surface area contributed by atoms with E-state index in [9.17, 15) is 17.6 Å². The molecule has 1 aromatic rings. The maximum Gasteiger partial charge on any atom is 0.318 e. The first-order chi connectivity index (χ1) is 12.2. The van der Waals surface area contributed by atoms with Gasteiger partial charge < -0.3 is 10.2 Å². The van der Waals surface area contributed by atoms with Gasteiger partial charge >= 0.3 is 6.03 Å². The summed E-state index contributed by atoms with van der Waals surface area (Å²) in [6, 6.07) is 8.56. The molecule has 144 valence electrons. The molecule has 0 unspecified atom stereocenters. The van der Waals surface area contributed by atoms with E-state index in [1.165, 1.54) is 11.0 Å². The van der Waals surface area contributed by atoms with Gasteiger partial charge in [-0.15, -0.1) is 0 Å². The lowest BCUT2D eigenvalue weighted by Gasteiger charge is -2.41. The number of benzene rings is 1. The van der Waals surface area contributed by atoms with E-state index < -0.39 is 22.1 Å². The number of sulfone groups is 1. The average Bonchev–Trinajstić information content (AvgIpc) is 2.60. The minimum absolute atomic E-state index is 0.0341. The van der Waals surface area contributed by atoms with Gasteiger partial charge in [-0.1, -0.05) is 49.8 Å². The summed E-state index contributed by atoms with van der Waals surface area (Å²) in [5, 5.41) is 3.81. The predicted octanol–water partition coefficient (Wildman–Crippen LogP) is 3.45. The first-order valence-electron chi connectivity index (χ1n) is 8.85. The van der Waals surface area contributed by atoms with Gasteiger partial charge in [0.1, 0.15) is 6.17 Å². The van der Waals surface area contributed by atoms with Crippen LogP contribution in [0, 0.1) is 5.92 Å². The highest BCUT2D eigenvalue weighted by Crippen LogP contribution is 2.37. The molecule has 0 saturated carbocycles. The van der Waals surface area contributed by atoms with Gasteiger partial charge in [-0.2, -0.15) is 0 Å². The van der Waals surface area contributed by atoms with Gasteiger partial charge in [-0.05, 0) is 24.8 Å². The van der Waals surface area contributed by atoms with E-state index in [1.807, 2.05) is 37.3 Å². The summed E-state index contributed by atoms with van der Waals surface area (Å²) in [6.45, 7) is 3.68. The number of urea groups is 1. The molecule has 7 heteroatoms. The molecule has 0 aromatic heterocycles. The molecule has 1 aliphatic heterocycles. The Morgan fingerprint density at radius 1 is 1.38 bits per heavy atom. The fraction of sp³-hybridized carbons (Fsp3) is 0.526. The molecule has 5 nitrogen and oxygen atoms in total. The van der Waals surface area contributed by atoms with Crippen molar-refractivity contribution in [2.24, 2.45) is 5.92 Å². The van der Waals surface area contributed by atoms with Gasteiger partial charge in [0.15, 0.2) is 9.84 Å². The SMILES string of the molecule is CC[C@@H]1C[C@H](c2ccccc2)N(C(=O)N[C@@H](C)/C=C/S(C)(=O)=O)C[C@H]1F. The Morgan fingerprint density at radius 3 is 2.62 bits per heavy atom. The van der Waals surface area contributed by atoms with Crippen LogP contribution in [0.2, 0.25) is 0 Å². The quantitative estimate of drug-likeness (QED) is 0.848. The number of halogens is 1. The Bertz CT molecular complexity index is 736. The number of hydrogen-bond donors (Lipinski definition) is 1. The minimum Gasteiger partial charge on any atom is -0.332 e. The number of rotatable bonds is 5. The molecule has 1 fully saturated rings. The Kier molecular flexibility index (Phi) is 6.81. The molecule has 2 amide bonds. The zero-order chi connectivity index (χ0) is 19.3. The maximum atomic E-state index is 14.5. The van der Waals surface area contributed by atoms with Crippen molar-refractivity contribution < 1.29 is 17.6 Å². The van der Waals surface area contributed by atoms with Crippen molar-refractivity contribution in [3.8, 4) is 0 Å². The maximum absolute atomic E-state index is 14.5. The molecule has 1 heterocycles. The van der Waals surface area contributed by atoms with Crippen LogP contribution in [0.1, 0.15) is 38.3 Å². The summed E-state index contributed by atoms with van der Waals surface area (Å²) >= 11 is 0. The zero-order valence-electron chi connectivity index (χ0n) is 15.4. The van der Waals surface area contributed by atoms with E-state index in [2.05, 4.69) is 5.32 Å².